The molecule has 0 aliphatic carbocycles. The van der Waals surface area contributed by atoms with Crippen LogP contribution in [0, 0.1) is 0 Å². The van der Waals surface area contributed by atoms with Crippen molar-refractivity contribution in [2.24, 2.45) is 0 Å². The molecule has 116 valence electrons. The summed E-state index contributed by atoms with van der Waals surface area (Å²) in [7, 11) is 0. The third kappa shape index (κ3) is 5.39. The fraction of sp³-hybridized carbons (Fsp3) is 0.867. The lowest BCUT2D eigenvalue weighted by molar-refractivity contribution is -0.162. The monoisotopic (exact) mass is 285 g/mol. The minimum atomic E-state index is -0.562. The van der Waals surface area contributed by atoms with Crippen LogP contribution in [0.25, 0.3) is 0 Å². The zero-order chi connectivity index (χ0) is 15.6. The van der Waals surface area contributed by atoms with E-state index < -0.39 is 23.3 Å². The second kappa shape index (κ2) is 6.02. The predicted molar refractivity (Wildman–Crippen MR) is 76.4 cm³/mol. The van der Waals surface area contributed by atoms with Crippen molar-refractivity contribution < 1.29 is 19.1 Å². The quantitative estimate of drug-likeness (QED) is 0.695. The number of esters is 1. The van der Waals surface area contributed by atoms with Gasteiger partial charge in [-0.2, -0.15) is 0 Å². The van der Waals surface area contributed by atoms with Crippen molar-refractivity contribution in [1.82, 2.24) is 4.90 Å². The zero-order valence-corrected chi connectivity index (χ0v) is 13.5. The Balaban J connectivity index is 2.76. The first-order chi connectivity index (χ1) is 8.99. The molecule has 5 heteroatoms. The molecule has 1 fully saturated rings. The Hall–Kier alpha value is -1.26. The summed E-state index contributed by atoms with van der Waals surface area (Å²) in [5, 5.41) is 0. The van der Waals surface area contributed by atoms with Crippen LogP contribution in [0.4, 0.5) is 4.79 Å². The highest BCUT2D eigenvalue weighted by Gasteiger charge is 2.37. The highest BCUT2D eigenvalue weighted by atomic mass is 16.6. The normalized spacial score (nSPS) is 20.5. The van der Waals surface area contributed by atoms with E-state index in [1.807, 2.05) is 41.5 Å². The smallest absolute Gasteiger partial charge is 0.411 e. The molecule has 1 atom stereocenters. The molecule has 0 saturated carbocycles. The van der Waals surface area contributed by atoms with E-state index in [9.17, 15) is 9.59 Å². The van der Waals surface area contributed by atoms with Crippen molar-refractivity contribution >= 4 is 12.1 Å². The highest BCUT2D eigenvalue weighted by molar-refractivity contribution is 5.82. The molecule has 1 rings (SSSR count). The average molecular weight is 285 g/mol. The maximum Gasteiger partial charge on any atom is 0.411 e. The Labute approximate surface area is 121 Å². The van der Waals surface area contributed by atoms with Gasteiger partial charge in [0.1, 0.15) is 17.2 Å². The summed E-state index contributed by atoms with van der Waals surface area (Å²) in [6.45, 7) is 11.5. The van der Waals surface area contributed by atoms with E-state index in [4.69, 9.17) is 9.47 Å². The van der Waals surface area contributed by atoms with Gasteiger partial charge < -0.3 is 9.47 Å². The van der Waals surface area contributed by atoms with Crippen LogP contribution in [-0.2, 0) is 14.3 Å². The van der Waals surface area contributed by atoms with Crippen molar-refractivity contribution in [2.45, 2.75) is 78.0 Å². The summed E-state index contributed by atoms with van der Waals surface area (Å²) < 4.78 is 10.8. The van der Waals surface area contributed by atoms with Crippen molar-refractivity contribution in [3.63, 3.8) is 0 Å². The van der Waals surface area contributed by atoms with E-state index in [1.54, 1.807) is 0 Å². The lowest BCUT2D eigenvalue weighted by Crippen LogP contribution is -2.51. The Morgan fingerprint density at radius 3 is 2.00 bits per heavy atom. The van der Waals surface area contributed by atoms with Crippen LogP contribution in [0.3, 0.4) is 0 Å². The van der Waals surface area contributed by atoms with E-state index in [-0.39, 0.29) is 5.97 Å². The Morgan fingerprint density at radius 1 is 0.950 bits per heavy atom. The van der Waals surface area contributed by atoms with E-state index >= 15 is 0 Å². The third-order valence-corrected chi connectivity index (χ3v) is 2.81. The number of nitrogens with zero attached hydrogens (tertiary/aromatic N) is 1. The van der Waals surface area contributed by atoms with Crippen LogP contribution in [0.1, 0.15) is 60.8 Å². The average Bonchev–Trinajstić information content (AvgIpc) is 2.24. The van der Waals surface area contributed by atoms with Gasteiger partial charge in [0, 0.05) is 6.54 Å². The maximum absolute atomic E-state index is 12.2. The Kier molecular flexibility index (Phi) is 5.05. The second-order valence-electron chi connectivity index (χ2n) is 7.22. The molecule has 0 aromatic heterocycles. The van der Waals surface area contributed by atoms with Crippen LogP contribution in [0.15, 0.2) is 0 Å². The highest BCUT2D eigenvalue weighted by Crippen LogP contribution is 2.23. The van der Waals surface area contributed by atoms with Crippen molar-refractivity contribution in [3.05, 3.63) is 0 Å². The number of carbonyl (C=O) groups excluding carboxylic acids is 2. The molecule has 0 radical (unpaired) electrons. The second-order valence-corrected chi connectivity index (χ2v) is 7.22. The molecule has 0 aromatic rings. The summed E-state index contributed by atoms with van der Waals surface area (Å²) in [6.07, 6.45) is 2.00. The maximum atomic E-state index is 12.2. The van der Waals surface area contributed by atoms with Crippen molar-refractivity contribution in [2.75, 3.05) is 6.54 Å². The number of likely N-dealkylation sites (tertiary alicyclic amines) is 1. The van der Waals surface area contributed by atoms with Crippen LogP contribution >= 0.6 is 0 Å². The number of hydrogen-bond donors (Lipinski definition) is 0. The summed E-state index contributed by atoms with van der Waals surface area (Å²) in [4.78, 5) is 25.9. The predicted octanol–water partition coefficient (Wildman–Crippen LogP) is 3.12. The molecule has 1 amide bonds. The first-order valence-corrected chi connectivity index (χ1v) is 7.22. The van der Waals surface area contributed by atoms with Gasteiger partial charge in [0.05, 0.1) is 0 Å². The number of amides is 1. The standard InChI is InChI=1S/C15H27NO4/c1-14(2,3)19-12(17)11-9-7-8-10-16(11)13(18)20-15(4,5)6/h11H,7-10H2,1-6H3. The molecular formula is C15H27NO4. The molecule has 20 heavy (non-hydrogen) atoms. The number of rotatable bonds is 1. The Bertz CT molecular complexity index is 329. The molecule has 1 unspecified atom stereocenters. The van der Waals surface area contributed by atoms with Gasteiger partial charge in [-0.25, -0.2) is 9.59 Å². The molecule has 0 spiro atoms. The van der Waals surface area contributed by atoms with Crippen LogP contribution < -0.4 is 0 Å². The lowest BCUT2D eigenvalue weighted by Gasteiger charge is -2.36. The van der Waals surface area contributed by atoms with Crippen LogP contribution in [0.2, 0.25) is 0 Å². The van der Waals surface area contributed by atoms with E-state index in [1.165, 1.54) is 4.90 Å². The minimum absolute atomic E-state index is 0.344. The summed E-state index contributed by atoms with van der Waals surface area (Å²) in [6, 6.07) is -0.530. The van der Waals surface area contributed by atoms with Gasteiger partial charge in [-0.3, -0.25) is 4.90 Å². The fourth-order valence-corrected chi connectivity index (χ4v) is 2.09. The minimum Gasteiger partial charge on any atom is -0.458 e. The summed E-state index contributed by atoms with van der Waals surface area (Å²) in [5.41, 5.74) is -1.11. The Morgan fingerprint density at radius 2 is 1.50 bits per heavy atom. The first kappa shape index (κ1) is 16.8. The number of ether oxygens (including phenoxy) is 2. The van der Waals surface area contributed by atoms with Crippen molar-refractivity contribution in [1.29, 1.82) is 0 Å². The van der Waals surface area contributed by atoms with Gasteiger partial charge in [0.25, 0.3) is 0 Å². The van der Waals surface area contributed by atoms with E-state index in [0.29, 0.717) is 13.0 Å². The number of hydrogen-bond acceptors (Lipinski definition) is 4. The van der Waals surface area contributed by atoms with E-state index in [2.05, 4.69) is 0 Å². The lowest BCUT2D eigenvalue weighted by atomic mass is 10.0. The fourth-order valence-electron chi connectivity index (χ4n) is 2.09. The summed E-state index contributed by atoms with van der Waals surface area (Å²) in [5.74, 6) is -0.344. The largest absolute Gasteiger partial charge is 0.458 e. The molecule has 0 N–H and O–H groups in total. The summed E-state index contributed by atoms with van der Waals surface area (Å²) >= 11 is 0. The molecule has 1 saturated heterocycles. The molecule has 1 aliphatic heterocycles. The van der Waals surface area contributed by atoms with Gasteiger partial charge >= 0.3 is 12.1 Å². The van der Waals surface area contributed by atoms with Gasteiger partial charge in [0.2, 0.25) is 0 Å². The van der Waals surface area contributed by atoms with Crippen molar-refractivity contribution in [3.8, 4) is 0 Å². The van der Waals surface area contributed by atoms with Gasteiger partial charge in [-0.1, -0.05) is 0 Å². The van der Waals surface area contributed by atoms with Gasteiger partial charge in [-0.15, -0.1) is 0 Å². The van der Waals surface area contributed by atoms with E-state index in [0.717, 1.165) is 12.8 Å². The topological polar surface area (TPSA) is 55.8 Å². The molecule has 1 heterocycles. The molecule has 1 aliphatic rings. The zero-order valence-electron chi connectivity index (χ0n) is 13.5. The SMILES string of the molecule is CC(C)(C)OC(=O)C1CCCCN1C(=O)OC(C)(C)C. The number of carbonyl (C=O) groups is 2. The molecular weight excluding hydrogens is 258 g/mol. The van der Waals surface area contributed by atoms with Crippen LogP contribution in [-0.4, -0.2) is 40.8 Å². The molecule has 0 aromatic carbocycles. The first-order valence-electron chi connectivity index (χ1n) is 7.22. The van der Waals surface area contributed by atoms with Gasteiger partial charge in [0.15, 0.2) is 0 Å². The van der Waals surface area contributed by atoms with Crippen LogP contribution in [0.5, 0.6) is 0 Å². The third-order valence-electron chi connectivity index (χ3n) is 2.81. The number of piperidine rings is 1. The molecule has 0 bridgehead atoms. The molecule has 5 nitrogen and oxygen atoms in total. The van der Waals surface area contributed by atoms with Gasteiger partial charge in [-0.05, 0) is 60.8 Å².